The normalized spacial score (nSPS) is 10.8. The Bertz CT molecular complexity index is 617. The van der Waals surface area contributed by atoms with Crippen molar-refractivity contribution in [2.45, 2.75) is 13.5 Å². The van der Waals surface area contributed by atoms with Gasteiger partial charge in [0.2, 0.25) is 0 Å². The first-order chi connectivity index (χ1) is 9.63. The highest BCUT2D eigenvalue weighted by molar-refractivity contribution is 5.85. The third kappa shape index (κ3) is 4.28. The van der Waals surface area contributed by atoms with Gasteiger partial charge in [-0.05, 0) is 36.8 Å². The smallest absolute Gasteiger partial charge is 0.328 e. The molecule has 0 fully saturated rings. The third-order valence-electron chi connectivity index (χ3n) is 2.64. The molecule has 20 heavy (non-hydrogen) atoms. The van der Waals surface area contributed by atoms with E-state index in [0.29, 0.717) is 18.9 Å². The SMILES string of the molecule is Cc1ccn(CCOc2cccc(C=CC(=O)O)c2)n1. The summed E-state index contributed by atoms with van der Waals surface area (Å²) in [7, 11) is 0. The Hall–Kier alpha value is -2.56. The van der Waals surface area contributed by atoms with E-state index >= 15 is 0 Å². The molecule has 0 spiro atoms. The Kier molecular flexibility index (Phi) is 4.55. The molecule has 2 rings (SSSR count). The fraction of sp³-hybridized carbons (Fsp3) is 0.200. The Labute approximate surface area is 117 Å². The Morgan fingerprint density at radius 3 is 3.00 bits per heavy atom. The first-order valence-electron chi connectivity index (χ1n) is 6.27. The minimum atomic E-state index is -0.967. The molecule has 2 aromatic rings. The maximum Gasteiger partial charge on any atom is 0.328 e. The van der Waals surface area contributed by atoms with Gasteiger partial charge in [0, 0.05) is 12.3 Å². The summed E-state index contributed by atoms with van der Waals surface area (Å²) < 4.78 is 7.45. The molecule has 0 aliphatic carbocycles. The fourth-order valence-corrected chi connectivity index (χ4v) is 1.72. The van der Waals surface area contributed by atoms with Crippen LogP contribution in [0.1, 0.15) is 11.3 Å². The van der Waals surface area contributed by atoms with Crippen LogP contribution in [0.25, 0.3) is 6.08 Å². The molecule has 0 aliphatic rings. The molecule has 0 bridgehead atoms. The van der Waals surface area contributed by atoms with Crippen molar-refractivity contribution in [1.29, 1.82) is 0 Å². The van der Waals surface area contributed by atoms with E-state index in [1.807, 2.05) is 42.1 Å². The van der Waals surface area contributed by atoms with Crippen LogP contribution >= 0.6 is 0 Å². The number of aromatic nitrogens is 2. The zero-order valence-corrected chi connectivity index (χ0v) is 11.2. The summed E-state index contributed by atoms with van der Waals surface area (Å²) >= 11 is 0. The first-order valence-corrected chi connectivity index (χ1v) is 6.27. The number of carboxylic acid groups (broad SMARTS) is 1. The monoisotopic (exact) mass is 272 g/mol. The van der Waals surface area contributed by atoms with E-state index in [-0.39, 0.29) is 0 Å². The number of ether oxygens (including phenoxy) is 1. The predicted octanol–water partition coefficient (Wildman–Crippen LogP) is 2.37. The lowest BCUT2D eigenvalue weighted by molar-refractivity contribution is -0.131. The molecule has 0 unspecified atom stereocenters. The zero-order chi connectivity index (χ0) is 14.4. The zero-order valence-electron chi connectivity index (χ0n) is 11.2. The maximum absolute atomic E-state index is 10.5. The number of nitrogens with zero attached hydrogens (tertiary/aromatic N) is 2. The quantitative estimate of drug-likeness (QED) is 0.820. The van der Waals surface area contributed by atoms with Crippen LogP contribution in [0, 0.1) is 6.92 Å². The highest BCUT2D eigenvalue weighted by Crippen LogP contribution is 2.14. The summed E-state index contributed by atoms with van der Waals surface area (Å²) in [4.78, 5) is 10.5. The number of aryl methyl sites for hydroxylation is 1. The Morgan fingerprint density at radius 2 is 2.30 bits per heavy atom. The number of hydrogen-bond acceptors (Lipinski definition) is 3. The topological polar surface area (TPSA) is 64.3 Å². The molecule has 1 heterocycles. The van der Waals surface area contributed by atoms with Gasteiger partial charge in [-0.2, -0.15) is 5.10 Å². The van der Waals surface area contributed by atoms with Gasteiger partial charge in [-0.1, -0.05) is 12.1 Å². The second-order valence-electron chi connectivity index (χ2n) is 4.31. The van der Waals surface area contributed by atoms with Crippen molar-refractivity contribution < 1.29 is 14.6 Å². The number of rotatable bonds is 6. The van der Waals surface area contributed by atoms with Gasteiger partial charge in [-0.3, -0.25) is 4.68 Å². The Balaban J connectivity index is 1.89. The van der Waals surface area contributed by atoms with Crippen LogP contribution in [0.3, 0.4) is 0 Å². The molecule has 1 aromatic heterocycles. The highest BCUT2D eigenvalue weighted by Gasteiger charge is 1.97. The summed E-state index contributed by atoms with van der Waals surface area (Å²) in [5.74, 6) is -0.258. The first kappa shape index (κ1) is 13.9. The molecule has 0 amide bonds. The molecule has 0 radical (unpaired) electrons. The second kappa shape index (κ2) is 6.56. The van der Waals surface area contributed by atoms with Gasteiger partial charge in [0.15, 0.2) is 0 Å². The minimum Gasteiger partial charge on any atom is -0.492 e. The van der Waals surface area contributed by atoms with E-state index in [4.69, 9.17) is 9.84 Å². The van der Waals surface area contributed by atoms with Crippen LogP contribution in [-0.2, 0) is 11.3 Å². The predicted molar refractivity (Wildman–Crippen MR) is 75.6 cm³/mol. The molecule has 1 N–H and O–H groups in total. The molecule has 104 valence electrons. The van der Waals surface area contributed by atoms with Gasteiger partial charge in [0.05, 0.1) is 12.2 Å². The van der Waals surface area contributed by atoms with Gasteiger partial charge in [-0.25, -0.2) is 4.79 Å². The second-order valence-corrected chi connectivity index (χ2v) is 4.31. The average Bonchev–Trinajstić information content (AvgIpc) is 2.83. The highest BCUT2D eigenvalue weighted by atomic mass is 16.5. The van der Waals surface area contributed by atoms with E-state index in [1.54, 1.807) is 6.07 Å². The van der Waals surface area contributed by atoms with Crippen molar-refractivity contribution >= 4 is 12.0 Å². The molecule has 5 heteroatoms. The van der Waals surface area contributed by atoms with Crippen LogP contribution in [0.5, 0.6) is 5.75 Å². The van der Waals surface area contributed by atoms with E-state index in [0.717, 1.165) is 17.3 Å². The van der Waals surface area contributed by atoms with Gasteiger partial charge < -0.3 is 9.84 Å². The fourth-order valence-electron chi connectivity index (χ4n) is 1.72. The molecule has 5 nitrogen and oxygen atoms in total. The van der Waals surface area contributed by atoms with Crippen molar-refractivity contribution in [3.05, 3.63) is 53.9 Å². The third-order valence-corrected chi connectivity index (χ3v) is 2.64. The van der Waals surface area contributed by atoms with Crippen molar-refractivity contribution in [1.82, 2.24) is 9.78 Å². The molecule has 0 saturated heterocycles. The standard InChI is InChI=1S/C15H16N2O3/c1-12-7-8-17(16-12)9-10-20-14-4-2-3-13(11-14)5-6-15(18)19/h2-8,11H,9-10H2,1H3,(H,18,19). The lowest BCUT2D eigenvalue weighted by Gasteiger charge is -2.07. The van der Waals surface area contributed by atoms with Crippen LogP contribution in [0.15, 0.2) is 42.6 Å². The molecule has 0 saturated carbocycles. The largest absolute Gasteiger partial charge is 0.492 e. The summed E-state index contributed by atoms with van der Waals surface area (Å²) in [6, 6.07) is 9.23. The van der Waals surface area contributed by atoms with Crippen molar-refractivity contribution in [3.8, 4) is 5.75 Å². The molecular formula is C15H16N2O3. The lowest BCUT2D eigenvalue weighted by Crippen LogP contribution is -2.08. The van der Waals surface area contributed by atoms with Gasteiger partial charge in [-0.15, -0.1) is 0 Å². The van der Waals surface area contributed by atoms with E-state index in [9.17, 15) is 4.79 Å². The molecule has 1 aromatic carbocycles. The number of carboxylic acids is 1. The lowest BCUT2D eigenvalue weighted by atomic mass is 10.2. The maximum atomic E-state index is 10.5. The number of carbonyl (C=O) groups is 1. The van der Waals surface area contributed by atoms with Crippen LogP contribution in [0.4, 0.5) is 0 Å². The number of benzene rings is 1. The minimum absolute atomic E-state index is 0.507. The van der Waals surface area contributed by atoms with Gasteiger partial charge in [0.25, 0.3) is 0 Å². The van der Waals surface area contributed by atoms with Crippen molar-refractivity contribution in [2.75, 3.05) is 6.61 Å². The van der Waals surface area contributed by atoms with Crippen molar-refractivity contribution in [3.63, 3.8) is 0 Å². The Morgan fingerprint density at radius 1 is 1.45 bits per heavy atom. The summed E-state index contributed by atoms with van der Waals surface area (Å²) in [6.07, 6.45) is 4.54. The molecular weight excluding hydrogens is 256 g/mol. The van der Waals surface area contributed by atoms with Crippen LogP contribution in [0.2, 0.25) is 0 Å². The summed E-state index contributed by atoms with van der Waals surface area (Å²) in [6.45, 7) is 3.12. The summed E-state index contributed by atoms with van der Waals surface area (Å²) in [5.41, 5.74) is 1.77. The van der Waals surface area contributed by atoms with E-state index in [1.165, 1.54) is 6.08 Å². The van der Waals surface area contributed by atoms with E-state index in [2.05, 4.69) is 5.10 Å². The van der Waals surface area contributed by atoms with Crippen LogP contribution < -0.4 is 4.74 Å². The summed E-state index contributed by atoms with van der Waals surface area (Å²) in [5, 5.41) is 12.9. The van der Waals surface area contributed by atoms with Crippen LogP contribution in [-0.4, -0.2) is 27.5 Å². The molecule has 0 atom stereocenters. The molecule has 0 aliphatic heterocycles. The number of aliphatic carboxylic acids is 1. The van der Waals surface area contributed by atoms with Gasteiger partial charge in [0.1, 0.15) is 12.4 Å². The number of hydrogen-bond donors (Lipinski definition) is 1. The van der Waals surface area contributed by atoms with E-state index < -0.39 is 5.97 Å². The average molecular weight is 272 g/mol. The van der Waals surface area contributed by atoms with Crippen molar-refractivity contribution in [2.24, 2.45) is 0 Å². The van der Waals surface area contributed by atoms with Gasteiger partial charge >= 0.3 is 5.97 Å².